The van der Waals surface area contributed by atoms with Gasteiger partial charge in [0.15, 0.2) is 0 Å². The monoisotopic (exact) mass is 493 g/mol. The van der Waals surface area contributed by atoms with Crippen molar-refractivity contribution in [1.29, 1.82) is 0 Å². The Morgan fingerprint density at radius 3 is 2.32 bits per heavy atom. The molecular weight excluding hydrogens is 454 g/mol. The largest absolute Gasteiger partial charge is 0.495 e. The predicted molar refractivity (Wildman–Crippen MR) is 131 cm³/mol. The zero-order valence-electron chi connectivity index (χ0n) is 21.0. The van der Waals surface area contributed by atoms with E-state index in [9.17, 15) is 18.0 Å². The Balaban J connectivity index is 1.73. The summed E-state index contributed by atoms with van der Waals surface area (Å²) in [5.74, 6) is 0.308. The van der Waals surface area contributed by atoms with Crippen LogP contribution in [0.5, 0.6) is 5.75 Å². The van der Waals surface area contributed by atoms with Gasteiger partial charge in [0.25, 0.3) is 5.91 Å². The van der Waals surface area contributed by atoms with Gasteiger partial charge in [-0.15, -0.1) is 0 Å². The van der Waals surface area contributed by atoms with Crippen molar-refractivity contribution in [1.82, 2.24) is 14.5 Å². The molecule has 2 fully saturated rings. The maximum Gasteiger partial charge on any atom is 0.253 e. The zero-order chi connectivity index (χ0) is 25.0. The minimum absolute atomic E-state index is 0.0338. The molecule has 2 aliphatic heterocycles. The summed E-state index contributed by atoms with van der Waals surface area (Å²) in [6, 6.07) is 4.63. The van der Waals surface area contributed by atoms with Crippen molar-refractivity contribution in [3.8, 4) is 5.75 Å². The maximum atomic E-state index is 13.5. The van der Waals surface area contributed by atoms with Crippen LogP contribution in [0.25, 0.3) is 0 Å². The van der Waals surface area contributed by atoms with Crippen molar-refractivity contribution < 1.29 is 22.7 Å². The van der Waals surface area contributed by atoms with Crippen LogP contribution in [-0.4, -0.2) is 68.3 Å². The lowest BCUT2D eigenvalue weighted by molar-refractivity contribution is -0.127. The van der Waals surface area contributed by atoms with Gasteiger partial charge < -0.3 is 15.0 Å². The molecule has 1 N–H and O–H groups in total. The fourth-order valence-corrected chi connectivity index (χ4v) is 6.49. The number of carbonyl (C=O) groups excluding carboxylic acids is 2. The summed E-state index contributed by atoms with van der Waals surface area (Å²) in [5.41, 5.74) is 0.320. The van der Waals surface area contributed by atoms with Crippen molar-refractivity contribution in [2.24, 2.45) is 11.8 Å². The molecule has 2 amide bonds. The molecule has 34 heavy (non-hydrogen) atoms. The fraction of sp³-hybridized carbons (Fsp3) is 0.680. The summed E-state index contributed by atoms with van der Waals surface area (Å²) in [7, 11) is -2.36. The van der Waals surface area contributed by atoms with Crippen LogP contribution in [0.2, 0.25) is 0 Å². The van der Waals surface area contributed by atoms with Crippen molar-refractivity contribution in [2.45, 2.75) is 76.8 Å². The van der Waals surface area contributed by atoms with E-state index in [1.165, 1.54) is 17.5 Å². The maximum absolute atomic E-state index is 13.5. The number of hydrogen-bond donors (Lipinski definition) is 1. The molecule has 1 aromatic carbocycles. The number of likely N-dealkylation sites (tertiary alicyclic amines) is 1. The van der Waals surface area contributed by atoms with E-state index in [1.807, 2.05) is 13.8 Å². The minimum atomic E-state index is -3.79. The molecule has 2 aliphatic rings. The highest BCUT2D eigenvalue weighted by molar-refractivity contribution is 7.89. The molecule has 0 aliphatic carbocycles. The highest BCUT2D eigenvalue weighted by atomic mass is 32.2. The van der Waals surface area contributed by atoms with Gasteiger partial charge in [0, 0.05) is 43.2 Å². The molecule has 2 atom stereocenters. The normalized spacial score (nSPS) is 21.4. The average Bonchev–Trinajstić information content (AvgIpc) is 2.83. The number of benzene rings is 1. The molecule has 2 saturated heterocycles. The Hall–Kier alpha value is -2.13. The Bertz CT molecular complexity index is 986. The zero-order valence-corrected chi connectivity index (χ0v) is 21.9. The van der Waals surface area contributed by atoms with Crippen LogP contribution in [-0.2, 0) is 14.8 Å². The minimum Gasteiger partial charge on any atom is -0.495 e. The molecular formula is C25H39N3O5S. The molecule has 3 rings (SSSR count). The summed E-state index contributed by atoms with van der Waals surface area (Å²) in [6.45, 7) is 9.45. The topological polar surface area (TPSA) is 96.0 Å². The lowest BCUT2D eigenvalue weighted by Gasteiger charge is -2.33. The van der Waals surface area contributed by atoms with Gasteiger partial charge in [0.05, 0.1) is 7.11 Å². The Morgan fingerprint density at radius 1 is 1.06 bits per heavy atom. The van der Waals surface area contributed by atoms with Crippen LogP contribution < -0.4 is 10.1 Å². The van der Waals surface area contributed by atoms with Crippen LogP contribution in [0.4, 0.5) is 0 Å². The number of hydrogen-bond acceptors (Lipinski definition) is 5. The first-order valence-electron chi connectivity index (χ1n) is 12.4. The van der Waals surface area contributed by atoms with Gasteiger partial charge in [-0.2, -0.15) is 4.31 Å². The van der Waals surface area contributed by atoms with Crippen LogP contribution in [0.15, 0.2) is 23.1 Å². The summed E-state index contributed by atoms with van der Waals surface area (Å²) in [4.78, 5) is 27.5. The summed E-state index contributed by atoms with van der Waals surface area (Å²) in [6.07, 6.45) is 3.83. The molecule has 2 unspecified atom stereocenters. The molecule has 2 heterocycles. The van der Waals surface area contributed by atoms with Crippen LogP contribution in [0.1, 0.15) is 70.2 Å². The molecule has 8 nitrogen and oxygen atoms in total. The lowest BCUT2D eigenvalue weighted by atomic mass is 9.94. The number of carbonyl (C=O) groups is 2. The first-order valence-corrected chi connectivity index (χ1v) is 13.8. The van der Waals surface area contributed by atoms with Crippen molar-refractivity contribution >= 4 is 21.8 Å². The van der Waals surface area contributed by atoms with Gasteiger partial charge in [0.1, 0.15) is 10.6 Å². The molecule has 190 valence electrons. The third-order valence-corrected chi connectivity index (χ3v) is 9.30. The first kappa shape index (κ1) is 26.5. The number of sulfonamides is 1. The number of nitrogens with one attached hydrogen (secondary N) is 1. The van der Waals surface area contributed by atoms with Crippen LogP contribution in [0.3, 0.4) is 0 Å². The van der Waals surface area contributed by atoms with Crippen molar-refractivity contribution in [3.63, 3.8) is 0 Å². The Labute approximate surface area is 204 Å². The molecule has 0 spiro atoms. The Morgan fingerprint density at radius 2 is 1.74 bits per heavy atom. The van der Waals surface area contributed by atoms with E-state index in [2.05, 4.69) is 19.2 Å². The average molecular weight is 494 g/mol. The number of rotatable bonds is 7. The van der Waals surface area contributed by atoms with E-state index in [0.29, 0.717) is 44.0 Å². The highest BCUT2D eigenvalue weighted by Gasteiger charge is 2.34. The molecule has 9 heteroatoms. The van der Waals surface area contributed by atoms with E-state index < -0.39 is 10.0 Å². The number of ether oxygens (including phenoxy) is 1. The van der Waals surface area contributed by atoms with Crippen LogP contribution >= 0.6 is 0 Å². The van der Waals surface area contributed by atoms with E-state index in [1.54, 1.807) is 17.0 Å². The third kappa shape index (κ3) is 5.74. The van der Waals surface area contributed by atoms with E-state index >= 15 is 0 Å². The molecule has 0 radical (unpaired) electrons. The second-order valence-electron chi connectivity index (χ2n) is 9.93. The number of methoxy groups -OCH3 is 1. The molecule has 0 saturated carbocycles. The van der Waals surface area contributed by atoms with Gasteiger partial charge in [-0.05, 0) is 63.6 Å². The first-order chi connectivity index (χ1) is 16.1. The van der Waals surface area contributed by atoms with Gasteiger partial charge in [-0.3, -0.25) is 9.59 Å². The van der Waals surface area contributed by atoms with E-state index in [-0.39, 0.29) is 40.5 Å². The quantitative estimate of drug-likeness (QED) is 0.629. The van der Waals surface area contributed by atoms with Gasteiger partial charge in [-0.1, -0.05) is 20.3 Å². The van der Waals surface area contributed by atoms with E-state index in [0.717, 1.165) is 19.3 Å². The smallest absolute Gasteiger partial charge is 0.253 e. The fourth-order valence-electron chi connectivity index (χ4n) is 4.60. The predicted octanol–water partition coefficient (Wildman–Crippen LogP) is 3.27. The second kappa shape index (κ2) is 11.1. The van der Waals surface area contributed by atoms with Crippen LogP contribution in [0, 0.1) is 11.8 Å². The van der Waals surface area contributed by atoms with Gasteiger partial charge >= 0.3 is 0 Å². The van der Waals surface area contributed by atoms with Gasteiger partial charge in [0.2, 0.25) is 15.9 Å². The third-order valence-electron chi connectivity index (χ3n) is 7.26. The summed E-state index contributed by atoms with van der Waals surface area (Å²) >= 11 is 0. The standard InChI is InChI=1S/C25H39N3O5S/c1-17(2)19(4)26-24(29)20-11-14-27(15-12-20)25(30)21-9-10-22(33-5)23(16-21)34(31,32)28-13-7-6-8-18(28)3/h9-10,16-20H,6-8,11-15H2,1-5H3,(H,26,29). The second-order valence-corrected chi connectivity index (χ2v) is 11.8. The Kier molecular flexibility index (Phi) is 8.62. The number of nitrogens with zero attached hydrogens (tertiary/aromatic N) is 2. The van der Waals surface area contributed by atoms with Crippen molar-refractivity contribution in [3.05, 3.63) is 23.8 Å². The molecule has 0 bridgehead atoms. The number of piperidine rings is 2. The van der Waals surface area contributed by atoms with Gasteiger partial charge in [-0.25, -0.2) is 8.42 Å². The lowest BCUT2D eigenvalue weighted by Crippen LogP contribution is -2.45. The van der Waals surface area contributed by atoms with Crippen molar-refractivity contribution in [2.75, 3.05) is 26.7 Å². The molecule has 1 aromatic rings. The summed E-state index contributed by atoms with van der Waals surface area (Å²) in [5, 5.41) is 3.07. The SMILES string of the molecule is COc1ccc(C(=O)N2CCC(C(=O)NC(C)C(C)C)CC2)cc1S(=O)(=O)N1CCCCC1C. The molecule has 0 aromatic heterocycles. The van der Waals surface area contributed by atoms with E-state index in [4.69, 9.17) is 4.74 Å². The number of amides is 2. The highest BCUT2D eigenvalue weighted by Crippen LogP contribution is 2.32. The summed E-state index contributed by atoms with van der Waals surface area (Å²) < 4.78 is 33.8.